The van der Waals surface area contributed by atoms with Crippen molar-refractivity contribution in [3.05, 3.63) is 12.2 Å². The van der Waals surface area contributed by atoms with E-state index in [9.17, 15) is 14.4 Å². The van der Waals surface area contributed by atoms with Crippen molar-refractivity contribution in [3.63, 3.8) is 0 Å². The molecule has 0 aromatic carbocycles. The van der Waals surface area contributed by atoms with Gasteiger partial charge in [0.1, 0.15) is 13.2 Å². The summed E-state index contributed by atoms with van der Waals surface area (Å²) in [4.78, 5) is 37.9. The van der Waals surface area contributed by atoms with Gasteiger partial charge in [-0.25, -0.2) is 0 Å². The molecule has 0 rings (SSSR count). The summed E-state index contributed by atoms with van der Waals surface area (Å²) in [6, 6.07) is 0. The lowest BCUT2D eigenvalue weighted by Gasteiger charge is -2.18. The lowest BCUT2D eigenvalue weighted by molar-refractivity contribution is -0.167. The maximum absolute atomic E-state index is 12.8. The summed E-state index contributed by atoms with van der Waals surface area (Å²) in [7, 11) is 0. The minimum absolute atomic E-state index is 0.0667. The minimum atomic E-state index is -0.764. The van der Waals surface area contributed by atoms with E-state index in [0.717, 1.165) is 57.8 Å². The number of rotatable bonds is 47. The van der Waals surface area contributed by atoms with Gasteiger partial charge < -0.3 is 14.2 Å². The van der Waals surface area contributed by atoms with Gasteiger partial charge in [0.25, 0.3) is 0 Å². The van der Waals surface area contributed by atoms with Gasteiger partial charge in [-0.3, -0.25) is 14.4 Å². The fourth-order valence-corrected chi connectivity index (χ4v) is 7.61. The van der Waals surface area contributed by atoms with Crippen LogP contribution in [-0.2, 0) is 28.6 Å². The lowest BCUT2D eigenvalue weighted by Crippen LogP contribution is -2.30. The first kappa shape index (κ1) is 56.1. The zero-order chi connectivity index (χ0) is 42.3. The van der Waals surface area contributed by atoms with Crippen molar-refractivity contribution >= 4 is 17.9 Å². The largest absolute Gasteiger partial charge is 0.462 e. The first-order valence-electron chi connectivity index (χ1n) is 25.7. The summed E-state index contributed by atoms with van der Waals surface area (Å²) < 4.78 is 16.8. The van der Waals surface area contributed by atoms with Gasteiger partial charge in [-0.15, -0.1) is 0 Å². The molecule has 6 heteroatoms. The van der Waals surface area contributed by atoms with Gasteiger partial charge >= 0.3 is 17.9 Å². The molecule has 0 radical (unpaired) electrons. The second-order valence-corrected chi connectivity index (χ2v) is 17.4. The third-order valence-electron chi connectivity index (χ3n) is 11.5. The van der Waals surface area contributed by atoms with E-state index in [1.807, 2.05) is 0 Å². The van der Waals surface area contributed by atoms with E-state index < -0.39 is 6.10 Å². The Hall–Kier alpha value is -1.85. The molecule has 0 aromatic rings. The molecule has 0 amide bonds. The molecule has 0 saturated heterocycles. The molecule has 0 saturated carbocycles. The third-order valence-corrected chi connectivity index (χ3v) is 11.5. The van der Waals surface area contributed by atoms with Crippen LogP contribution in [0.4, 0.5) is 0 Å². The Bertz CT molecular complexity index is 900. The van der Waals surface area contributed by atoms with Crippen LogP contribution in [0.1, 0.15) is 284 Å². The molecule has 0 bridgehead atoms. The van der Waals surface area contributed by atoms with Crippen LogP contribution in [0.25, 0.3) is 0 Å². The second-order valence-electron chi connectivity index (χ2n) is 17.4. The van der Waals surface area contributed by atoms with Crippen molar-refractivity contribution in [1.29, 1.82) is 0 Å². The Balaban J connectivity index is 4.31. The van der Waals surface area contributed by atoms with Crippen molar-refractivity contribution in [3.8, 4) is 0 Å². The van der Waals surface area contributed by atoms with Crippen LogP contribution < -0.4 is 0 Å². The molecule has 0 aliphatic heterocycles. The van der Waals surface area contributed by atoms with Crippen LogP contribution in [-0.4, -0.2) is 37.2 Å². The zero-order valence-corrected chi connectivity index (χ0v) is 39.1. The van der Waals surface area contributed by atoms with E-state index in [-0.39, 0.29) is 31.1 Å². The molecule has 0 unspecified atom stereocenters. The molecule has 0 aromatic heterocycles. The number of carbonyl (C=O) groups excluding carboxylic acids is 3. The molecule has 58 heavy (non-hydrogen) atoms. The van der Waals surface area contributed by atoms with E-state index in [1.54, 1.807) is 0 Å². The summed E-state index contributed by atoms with van der Waals surface area (Å²) in [6.45, 7) is 6.65. The van der Waals surface area contributed by atoms with E-state index in [4.69, 9.17) is 14.2 Å². The molecule has 6 nitrogen and oxygen atoms in total. The summed E-state index contributed by atoms with van der Waals surface area (Å²) in [5.74, 6) is -0.857. The van der Waals surface area contributed by atoms with Gasteiger partial charge in [-0.1, -0.05) is 232 Å². The highest BCUT2D eigenvalue weighted by Gasteiger charge is 2.19. The highest BCUT2D eigenvalue weighted by Crippen LogP contribution is 2.16. The number of unbranched alkanes of at least 4 members (excludes halogenated alkanes) is 34. The Morgan fingerprint density at radius 3 is 0.862 bits per heavy atom. The number of esters is 3. The van der Waals surface area contributed by atoms with Gasteiger partial charge in [0.05, 0.1) is 0 Å². The van der Waals surface area contributed by atoms with Crippen LogP contribution in [0.2, 0.25) is 0 Å². The Kier molecular flexibility index (Phi) is 46.3. The van der Waals surface area contributed by atoms with Gasteiger partial charge in [-0.2, -0.15) is 0 Å². The topological polar surface area (TPSA) is 78.9 Å². The fraction of sp³-hybridized carbons (Fsp3) is 0.904. The van der Waals surface area contributed by atoms with Crippen molar-refractivity contribution in [2.24, 2.45) is 0 Å². The average Bonchev–Trinajstić information content (AvgIpc) is 3.22. The van der Waals surface area contributed by atoms with Crippen molar-refractivity contribution in [2.45, 2.75) is 290 Å². The highest BCUT2D eigenvalue weighted by molar-refractivity contribution is 5.71. The zero-order valence-electron chi connectivity index (χ0n) is 39.1. The summed E-state index contributed by atoms with van der Waals surface area (Å²) in [6.07, 6.45) is 51.9. The molecule has 0 heterocycles. The van der Waals surface area contributed by atoms with Crippen LogP contribution in [0.5, 0.6) is 0 Å². The predicted octanol–water partition coefficient (Wildman–Crippen LogP) is 16.6. The second kappa shape index (κ2) is 47.8. The smallest absolute Gasteiger partial charge is 0.306 e. The average molecular weight is 819 g/mol. The van der Waals surface area contributed by atoms with Gasteiger partial charge in [0, 0.05) is 19.3 Å². The molecule has 342 valence electrons. The molecular formula is C52H98O6. The molecular weight excluding hydrogens is 721 g/mol. The summed E-state index contributed by atoms with van der Waals surface area (Å²) in [5.41, 5.74) is 0. The molecule has 0 spiro atoms. The Morgan fingerprint density at radius 2 is 0.569 bits per heavy atom. The van der Waals surface area contributed by atoms with Crippen LogP contribution >= 0.6 is 0 Å². The summed E-state index contributed by atoms with van der Waals surface area (Å²) in [5, 5.41) is 0. The molecule has 0 aliphatic carbocycles. The van der Waals surface area contributed by atoms with E-state index >= 15 is 0 Å². The first-order valence-corrected chi connectivity index (χ1v) is 25.7. The van der Waals surface area contributed by atoms with E-state index in [0.29, 0.717) is 19.3 Å². The number of carbonyl (C=O) groups is 3. The molecule has 0 N–H and O–H groups in total. The maximum atomic E-state index is 12.8. The van der Waals surface area contributed by atoms with E-state index in [1.165, 1.54) is 186 Å². The first-order chi connectivity index (χ1) is 28.5. The van der Waals surface area contributed by atoms with Crippen molar-refractivity contribution in [2.75, 3.05) is 13.2 Å². The number of ether oxygens (including phenoxy) is 3. The van der Waals surface area contributed by atoms with Gasteiger partial charge in [0.2, 0.25) is 0 Å². The Morgan fingerprint density at radius 1 is 0.328 bits per heavy atom. The van der Waals surface area contributed by atoms with Gasteiger partial charge in [-0.05, 0) is 44.9 Å². The maximum Gasteiger partial charge on any atom is 0.306 e. The fourth-order valence-electron chi connectivity index (χ4n) is 7.61. The van der Waals surface area contributed by atoms with Crippen LogP contribution in [0, 0.1) is 0 Å². The standard InChI is InChI=1S/C52H98O6/c1-4-7-10-13-16-19-22-24-25-26-27-28-31-34-37-40-43-46-52(55)58-49(47-56-50(53)44-41-38-35-32-29-21-18-15-12-9-6-3)48-57-51(54)45-42-39-36-33-30-23-20-17-14-11-8-5-2/h24-25,49H,4-23,26-48H2,1-3H3/b25-24-/t49-/m1/s1. The van der Waals surface area contributed by atoms with Crippen molar-refractivity contribution in [1.82, 2.24) is 0 Å². The molecule has 0 fully saturated rings. The van der Waals surface area contributed by atoms with Gasteiger partial charge in [0.15, 0.2) is 6.10 Å². The SMILES string of the molecule is CCCCCCCC/C=C\CCCCCCCCCC(=O)O[C@H](COC(=O)CCCCCCCCCCCCC)COC(=O)CCCCCCCCCCCCCC. The number of allylic oxidation sites excluding steroid dienone is 2. The predicted molar refractivity (Wildman–Crippen MR) is 247 cm³/mol. The van der Waals surface area contributed by atoms with E-state index in [2.05, 4.69) is 32.9 Å². The number of hydrogen-bond donors (Lipinski definition) is 0. The van der Waals surface area contributed by atoms with Crippen LogP contribution in [0.3, 0.4) is 0 Å². The molecule has 0 aliphatic rings. The lowest BCUT2D eigenvalue weighted by atomic mass is 10.0. The highest BCUT2D eigenvalue weighted by atomic mass is 16.6. The normalized spacial score (nSPS) is 12.0. The quantitative estimate of drug-likeness (QED) is 0.0263. The molecule has 1 atom stereocenters. The summed E-state index contributed by atoms with van der Waals surface area (Å²) >= 11 is 0. The third kappa shape index (κ3) is 45.2. The monoisotopic (exact) mass is 819 g/mol. The number of hydrogen-bond acceptors (Lipinski definition) is 6. The van der Waals surface area contributed by atoms with Crippen molar-refractivity contribution < 1.29 is 28.6 Å². The minimum Gasteiger partial charge on any atom is -0.462 e. The Labute approximate surface area is 360 Å². The van der Waals surface area contributed by atoms with Crippen LogP contribution in [0.15, 0.2) is 12.2 Å².